The number of fused-ring (bicyclic) bond motifs is 5. The highest BCUT2D eigenvalue weighted by Gasteiger charge is 2.66. The molecule has 0 aromatic carbocycles. The normalized spacial score (nSPS) is 51.4. The molecule has 5 heteroatoms. The van der Waals surface area contributed by atoms with E-state index in [9.17, 15) is 24.9 Å². The van der Waals surface area contributed by atoms with Crippen LogP contribution in [-0.2, 0) is 9.59 Å². The van der Waals surface area contributed by atoms with Crippen LogP contribution in [0, 0.1) is 28.6 Å². The number of ketones is 1. The Kier molecular flexibility index (Phi) is 3.42. The van der Waals surface area contributed by atoms with E-state index in [1.54, 1.807) is 19.1 Å². The standard InChI is InChI=1S/C20H26O5/c1-18-7-5-12(21)9-11(18)3-4-13-14-6-8-20(25,17(23)24)19(14,2)10-15(22)16(13)18/h5,7,9,13-16,22,25H,3-4,6,8,10H2,1-2H3,(H,23,24)/p-1/t13-,14-,15-,16+,18-,19-,20-/m0/s1. The zero-order valence-corrected chi connectivity index (χ0v) is 14.7. The van der Waals surface area contributed by atoms with Crippen molar-refractivity contribution in [3.05, 3.63) is 23.8 Å². The lowest BCUT2D eigenvalue weighted by Gasteiger charge is -2.60. The Balaban J connectivity index is 1.76. The summed E-state index contributed by atoms with van der Waals surface area (Å²) < 4.78 is 0. The van der Waals surface area contributed by atoms with Crippen molar-refractivity contribution in [1.82, 2.24) is 0 Å². The maximum Gasteiger partial charge on any atom is 0.178 e. The molecule has 3 saturated carbocycles. The maximum atomic E-state index is 11.8. The number of carboxylic acids is 1. The lowest BCUT2D eigenvalue weighted by atomic mass is 9.46. The molecule has 2 N–H and O–H groups in total. The van der Waals surface area contributed by atoms with E-state index in [0.717, 1.165) is 18.4 Å². The van der Waals surface area contributed by atoms with Crippen molar-refractivity contribution in [2.24, 2.45) is 28.6 Å². The summed E-state index contributed by atoms with van der Waals surface area (Å²) in [6, 6.07) is 0. The van der Waals surface area contributed by atoms with Gasteiger partial charge in [-0.2, -0.15) is 0 Å². The molecule has 0 heterocycles. The molecule has 0 saturated heterocycles. The summed E-state index contributed by atoms with van der Waals surface area (Å²) >= 11 is 0. The molecule has 3 fully saturated rings. The highest BCUT2D eigenvalue weighted by molar-refractivity contribution is 6.01. The lowest BCUT2D eigenvalue weighted by molar-refractivity contribution is -0.334. The Morgan fingerprint density at radius 1 is 1.32 bits per heavy atom. The quantitative estimate of drug-likeness (QED) is 0.731. The predicted octanol–water partition coefficient (Wildman–Crippen LogP) is 0.746. The van der Waals surface area contributed by atoms with E-state index in [1.807, 2.05) is 6.08 Å². The first-order chi connectivity index (χ1) is 11.6. The molecule has 0 bridgehead atoms. The van der Waals surface area contributed by atoms with Crippen LogP contribution in [0.25, 0.3) is 0 Å². The van der Waals surface area contributed by atoms with Crippen LogP contribution in [-0.4, -0.2) is 33.7 Å². The summed E-state index contributed by atoms with van der Waals surface area (Å²) in [6.07, 6.45) is 7.13. The van der Waals surface area contributed by atoms with Gasteiger partial charge in [-0.25, -0.2) is 0 Å². The van der Waals surface area contributed by atoms with Crippen molar-refractivity contribution < 1.29 is 24.9 Å². The van der Waals surface area contributed by atoms with E-state index in [1.165, 1.54) is 0 Å². The summed E-state index contributed by atoms with van der Waals surface area (Å²) in [7, 11) is 0. The second-order valence-electron chi connectivity index (χ2n) is 8.90. The van der Waals surface area contributed by atoms with Crippen LogP contribution in [0.1, 0.15) is 46.0 Å². The third kappa shape index (κ3) is 1.97. The van der Waals surface area contributed by atoms with Crippen LogP contribution in [0.3, 0.4) is 0 Å². The van der Waals surface area contributed by atoms with Gasteiger partial charge in [0.2, 0.25) is 0 Å². The smallest absolute Gasteiger partial charge is 0.178 e. The summed E-state index contributed by atoms with van der Waals surface area (Å²) in [4.78, 5) is 23.4. The largest absolute Gasteiger partial charge is 0.547 e. The number of aliphatic carboxylic acids is 1. The SMILES string of the molecule is C[C@]12C=CC(=O)C=C1CC[C@@H]1[C@@H]2[C@@H](O)C[C@@]2(C)[C@H]1CC[C@]2(O)C(=O)[O-]. The van der Waals surface area contributed by atoms with Crippen LogP contribution in [0.2, 0.25) is 0 Å². The number of rotatable bonds is 1. The van der Waals surface area contributed by atoms with E-state index in [-0.39, 0.29) is 41.8 Å². The van der Waals surface area contributed by atoms with Gasteiger partial charge in [-0.3, -0.25) is 4.79 Å². The second-order valence-corrected chi connectivity index (χ2v) is 8.90. The van der Waals surface area contributed by atoms with E-state index < -0.39 is 23.1 Å². The zero-order chi connectivity index (χ0) is 18.2. The minimum atomic E-state index is -1.88. The van der Waals surface area contributed by atoms with E-state index >= 15 is 0 Å². The first kappa shape index (κ1) is 17.0. The van der Waals surface area contributed by atoms with Crippen LogP contribution in [0.4, 0.5) is 0 Å². The number of carbonyl (C=O) groups is 2. The molecule has 0 spiro atoms. The van der Waals surface area contributed by atoms with Crippen molar-refractivity contribution >= 4 is 11.8 Å². The highest BCUT2D eigenvalue weighted by Crippen LogP contribution is 2.66. The molecule has 4 aliphatic rings. The molecule has 0 aliphatic heterocycles. The van der Waals surface area contributed by atoms with Gasteiger partial charge in [0.1, 0.15) is 5.60 Å². The summed E-state index contributed by atoms with van der Waals surface area (Å²) in [5, 5.41) is 33.5. The average Bonchev–Trinajstić information content (AvgIpc) is 2.80. The van der Waals surface area contributed by atoms with Crippen LogP contribution < -0.4 is 5.11 Å². The Morgan fingerprint density at radius 2 is 2.04 bits per heavy atom. The van der Waals surface area contributed by atoms with Gasteiger partial charge >= 0.3 is 0 Å². The van der Waals surface area contributed by atoms with E-state index in [0.29, 0.717) is 6.42 Å². The van der Waals surface area contributed by atoms with Gasteiger partial charge in [-0.1, -0.05) is 25.5 Å². The van der Waals surface area contributed by atoms with Gasteiger partial charge in [-0.05, 0) is 56.1 Å². The number of hydrogen-bond acceptors (Lipinski definition) is 5. The molecular weight excluding hydrogens is 320 g/mol. The molecular formula is C20H25O5-. The number of aliphatic hydroxyl groups excluding tert-OH is 1. The molecule has 25 heavy (non-hydrogen) atoms. The number of hydrogen-bond donors (Lipinski definition) is 2. The fourth-order valence-electron chi connectivity index (χ4n) is 6.67. The fourth-order valence-corrected chi connectivity index (χ4v) is 6.67. The Labute approximate surface area is 147 Å². The third-order valence-electron chi connectivity index (χ3n) is 7.99. The number of aliphatic hydroxyl groups is 2. The third-order valence-corrected chi connectivity index (χ3v) is 7.99. The summed E-state index contributed by atoms with van der Waals surface area (Å²) in [6.45, 7) is 3.87. The van der Waals surface area contributed by atoms with Crippen molar-refractivity contribution in [3.63, 3.8) is 0 Å². The van der Waals surface area contributed by atoms with Gasteiger partial charge in [0.05, 0.1) is 12.1 Å². The van der Waals surface area contributed by atoms with Gasteiger partial charge in [0, 0.05) is 16.7 Å². The Bertz CT molecular complexity index is 709. The molecule has 0 unspecified atom stereocenters. The molecule has 0 radical (unpaired) electrons. The molecule has 4 aliphatic carbocycles. The lowest BCUT2D eigenvalue weighted by Crippen LogP contribution is -2.63. The number of allylic oxidation sites excluding steroid dienone is 4. The monoisotopic (exact) mass is 345 g/mol. The van der Waals surface area contributed by atoms with E-state index in [2.05, 4.69) is 6.92 Å². The van der Waals surface area contributed by atoms with Crippen molar-refractivity contribution in [1.29, 1.82) is 0 Å². The summed E-state index contributed by atoms with van der Waals surface area (Å²) in [5.41, 5.74) is -2.06. The minimum absolute atomic E-state index is 0.00624. The van der Waals surface area contributed by atoms with Gasteiger partial charge < -0.3 is 20.1 Å². The van der Waals surface area contributed by atoms with E-state index in [4.69, 9.17) is 0 Å². The average molecular weight is 345 g/mol. The molecule has 136 valence electrons. The molecule has 0 amide bonds. The second kappa shape index (κ2) is 5.04. The zero-order valence-electron chi connectivity index (χ0n) is 14.7. The summed E-state index contributed by atoms with van der Waals surface area (Å²) in [5.74, 6) is -1.32. The van der Waals surface area contributed by atoms with Crippen LogP contribution in [0.5, 0.6) is 0 Å². The molecule has 7 atom stereocenters. The van der Waals surface area contributed by atoms with Crippen LogP contribution in [0.15, 0.2) is 23.8 Å². The fraction of sp³-hybridized carbons (Fsp3) is 0.700. The molecule has 0 aromatic heterocycles. The van der Waals surface area contributed by atoms with Crippen LogP contribution >= 0.6 is 0 Å². The van der Waals surface area contributed by atoms with Crippen molar-refractivity contribution in [2.45, 2.75) is 57.7 Å². The maximum absolute atomic E-state index is 11.8. The highest BCUT2D eigenvalue weighted by atomic mass is 16.4. The topological polar surface area (TPSA) is 97.7 Å². The van der Waals surface area contributed by atoms with Gasteiger partial charge in [-0.15, -0.1) is 0 Å². The van der Waals surface area contributed by atoms with Crippen molar-refractivity contribution in [2.75, 3.05) is 0 Å². The predicted molar refractivity (Wildman–Crippen MR) is 88.0 cm³/mol. The first-order valence-corrected chi connectivity index (χ1v) is 9.19. The Hall–Kier alpha value is -1.46. The Morgan fingerprint density at radius 3 is 2.72 bits per heavy atom. The first-order valence-electron chi connectivity index (χ1n) is 9.19. The molecule has 0 aromatic rings. The van der Waals surface area contributed by atoms with Crippen molar-refractivity contribution in [3.8, 4) is 0 Å². The number of carboxylic acid groups (broad SMARTS) is 1. The molecule has 5 nitrogen and oxygen atoms in total. The van der Waals surface area contributed by atoms with Gasteiger partial charge in [0.25, 0.3) is 0 Å². The van der Waals surface area contributed by atoms with Gasteiger partial charge in [0.15, 0.2) is 5.78 Å². The molecule has 4 rings (SSSR count). The number of carbonyl (C=O) groups excluding carboxylic acids is 2. The minimum Gasteiger partial charge on any atom is -0.547 e.